The summed E-state index contributed by atoms with van der Waals surface area (Å²) in [6.07, 6.45) is 0. The zero-order chi connectivity index (χ0) is 31.6. The number of para-hydroxylation sites is 2. The van der Waals surface area contributed by atoms with E-state index < -0.39 is 0 Å². The third-order valence-electron chi connectivity index (χ3n) is 7.51. The van der Waals surface area contributed by atoms with E-state index in [2.05, 4.69) is 36.4 Å². The molecular weight excluding hydrogens is 614 g/mol. The monoisotopic (exact) mass is 650 g/mol. The fourth-order valence-corrected chi connectivity index (χ4v) is 6.46. The third-order valence-corrected chi connectivity index (χ3v) is 8.72. The van der Waals surface area contributed by atoms with Gasteiger partial charge >= 0.3 is 0 Å². The van der Waals surface area contributed by atoms with Gasteiger partial charge in [-0.15, -0.1) is 0 Å². The van der Waals surface area contributed by atoms with Gasteiger partial charge in [-0.3, -0.25) is 0 Å². The van der Waals surface area contributed by atoms with Crippen LogP contribution in [-0.4, -0.2) is 13.2 Å². The highest BCUT2D eigenvalue weighted by atomic mass is 31.1. The van der Waals surface area contributed by atoms with E-state index in [4.69, 9.17) is 27.6 Å². The molecule has 0 aliphatic carbocycles. The molecule has 0 N–H and O–H groups in total. The van der Waals surface area contributed by atoms with Crippen LogP contribution in [0.3, 0.4) is 0 Å². The number of hydrogen-bond acceptors (Lipinski definition) is 6. The first-order valence-corrected chi connectivity index (χ1v) is 16.9. The van der Waals surface area contributed by atoms with Gasteiger partial charge in [-0.2, -0.15) is 0 Å². The lowest BCUT2D eigenvalue weighted by atomic mass is 9.92. The van der Waals surface area contributed by atoms with Crippen molar-refractivity contribution in [1.82, 2.24) is 0 Å². The molecule has 46 heavy (non-hydrogen) atoms. The molecule has 6 nitrogen and oxygen atoms in total. The van der Waals surface area contributed by atoms with Crippen molar-refractivity contribution in [2.75, 3.05) is 13.2 Å². The molecule has 0 saturated carbocycles. The van der Waals surface area contributed by atoms with Gasteiger partial charge in [0, 0.05) is 35.5 Å². The lowest BCUT2D eigenvalue weighted by molar-refractivity contribution is 0.133. The van der Waals surface area contributed by atoms with Gasteiger partial charge in [0.2, 0.25) is 0 Å². The lowest BCUT2D eigenvalue weighted by Crippen LogP contribution is -1.97. The van der Waals surface area contributed by atoms with Crippen molar-refractivity contribution in [1.29, 1.82) is 0 Å². The maximum atomic E-state index is 6.46. The molecule has 0 heterocycles. The van der Waals surface area contributed by atoms with Crippen molar-refractivity contribution in [2.24, 2.45) is 0 Å². The largest absolute Gasteiger partial charge is 0.440 e. The van der Waals surface area contributed by atoms with Crippen molar-refractivity contribution in [3.8, 4) is 34.1 Å². The van der Waals surface area contributed by atoms with E-state index in [-0.39, 0.29) is 18.1 Å². The molecule has 0 spiro atoms. The Kier molecular flexibility index (Phi) is 11.0. The molecule has 234 valence electrons. The molecule has 0 bridgehead atoms. The van der Waals surface area contributed by atoms with E-state index in [1.165, 1.54) is 0 Å². The molecule has 0 fully saturated rings. The summed E-state index contributed by atoms with van der Waals surface area (Å²) < 4.78 is 36.6. The van der Waals surface area contributed by atoms with Gasteiger partial charge in [0.05, 0.1) is 13.2 Å². The number of rotatable bonds is 15. The molecule has 0 aliphatic rings. The van der Waals surface area contributed by atoms with E-state index in [0.717, 1.165) is 55.3 Å². The first kappa shape index (κ1) is 31.8. The van der Waals surface area contributed by atoms with Crippen molar-refractivity contribution in [3.05, 3.63) is 132 Å². The van der Waals surface area contributed by atoms with Gasteiger partial charge < -0.3 is 27.6 Å². The summed E-state index contributed by atoms with van der Waals surface area (Å²) in [5, 5.41) is 4.29. The molecule has 6 aromatic carbocycles. The van der Waals surface area contributed by atoms with Crippen LogP contribution >= 0.6 is 18.1 Å². The molecule has 0 radical (unpaired) electrons. The Balaban J connectivity index is 1.35. The Bertz CT molecular complexity index is 1770. The zero-order valence-electron chi connectivity index (χ0n) is 25.8. The average Bonchev–Trinajstić information content (AvgIpc) is 3.10. The minimum Gasteiger partial charge on any atom is -0.440 e. The van der Waals surface area contributed by atoms with E-state index in [0.29, 0.717) is 37.9 Å². The quantitative estimate of drug-likeness (QED) is 0.103. The SMILES string of the molecule is CCOCc1ccccc1OPOc1ccc2ccccc2c1-c1c(OPOc2ccccc2COCC)ccc2ccccc12. The number of ether oxygens (including phenoxy) is 2. The summed E-state index contributed by atoms with van der Waals surface area (Å²) in [5.74, 6) is 2.89. The highest BCUT2D eigenvalue weighted by molar-refractivity contribution is 7.27. The third kappa shape index (κ3) is 7.44. The maximum Gasteiger partial charge on any atom is 0.275 e. The first-order valence-electron chi connectivity index (χ1n) is 15.3. The fourth-order valence-electron chi connectivity index (χ4n) is 5.28. The maximum absolute atomic E-state index is 6.46. The van der Waals surface area contributed by atoms with Crippen molar-refractivity contribution < 1.29 is 27.6 Å². The summed E-state index contributed by atoms with van der Waals surface area (Å²) in [7, 11) is -0.553. The van der Waals surface area contributed by atoms with Gasteiger partial charge in [0.15, 0.2) is 0 Å². The molecule has 8 heteroatoms. The Hall–Kier alpha value is -4.18. The van der Waals surface area contributed by atoms with Crippen molar-refractivity contribution >= 4 is 39.6 Å². The van der Waals surface area contributed by atoms with Crippen molar-refractivity contribution in [3.63, 3.8) is 0 Å². The Morgan fingerprint density at radius 2 is 0.804 bits per heavy atom. The molecular formula is C38H36O6P2. The molecule has 6 aromatic rings. The molecule has 2 unspecified atom stereocenters. The van der Waals surface area contributed by atoms with E-state index in [1.807, 2.05) is 98.8 Å². The molecule has 0 aliphatic heterocycles. The smallest absolute Gasteiger partial charge is 0.275 e. The predicted octanol–water partition coefficient (Wildman–Crippen LogP) is 10.7. The van der Waals surface area contributed by atoms with E-state index in [1.54, 1.807) is 0 Å². The Morgan fingerprint density at radius 3 is 1.26 bits per heavy atom. The van der Waals surface area contributed by atoms with Crippen LogP contribution in [-0.2, 0) is 22.7 Å². The van der Waals surface area contributed by atoms with Gasteiger partial charge in [0.25, 0.3) is 18.1 Å². The minimum atomic E-state index is -0.276. The molecule has 0 saturated heterocycles. The van der Waals surface area contributed by atoms with Crippen LogP contribution in [0.2, 0.25) is 0 Å². The fraction of sp³-hybridized carbons (Fsp3) is 0.158. The summed E-state index contributed by atoms with van der Waals surface area (Å²) in [6, 6.07) is 40.6. The molecule has 0 amide bonds. The van der Waals surface area contributed by atoms with E-state index in [9.17, 15) is 0 Å². The van der Waals surface area contributed by atoms with Gasteiger partial charge in [0.1, 0.15) is 23.0 Å². The normalized spacial score (nSPS) is 11.6. The van der Waals surface area contributed by atoms with Crippen molar-refractivity contribution in [2.45, 2.75) is 27.1 Å². The van der Waals surface area contributed by atoms with Crippen LogP contribution in [0.25, 0.3) is 32.7 Å². The van der Waals surface area contributed by atoms with Crippen LogP contribution < -0.4 is 18.1 Å². The number of hydrogen-bond donors (Lipinski definition) is 0. The lowest BCUT2D eigenvalue weighted by Gasteiger charge is -2.20. The average molecular weight is 651 g/mol. The Morgan fingerprint density at radius 1 is 0.413 bits per heavy atom. The summed E-state index contributed by atoms with van der Waals surface area (Å²) in [5.41, 5.74) is 3.83. The summed E-state index contributed by atoms with van der Waals surface area (Å²) in [6.45, 7) is 6.19. The first-order chi connectivity index (χ1) is 22.8. The topological polar surface area (TPSA) is 55.4 Å². The minimum absolute atomic E-state index is 0.276. The standard InChI is InChI=1S/C38H36O6P2/c1-3-39-25-29-15-7-11-19-33(29)41-45-43-35-23-21-27-13-5-9-17-31(27)37(35)38-32-18-10-6-14-28(32)22-24-36(38)44-46-42-34-20-12-8-16-30(34)26-40-4-2/h5-24,45-46H,3-4,25-26H2,1-2H3. The van der Waals surface area contributed by atoms with Gasteiger partial charge in [-0.25, -0.2) is 0 Å². The zero-order valence-corrected chi connectivity index (χ0v) is 27.8. The molecule has 2 atom stereocenters. The predicted molar refractivity (Wildman–Crippen MR) is 190 cm³/mol. The Labute approximate surface area is 273 Å². The van der Waals surface area contributed by atoms with Crippen LogP contribution in [0.5, 0.6) is 23.0 Å². The summed E-state index contributed by atoms with van der Waals surface area (Å²) >= 11 is 0. The second-order valence-corrected chi connectivity index (χ2v) is 11.5. The van der Waals surface area contributed by atoms with Crippen LogP contribution in [0.15, 0.2) is 121 Å². The van der Waals surface area contributed by atoms with Crippen LogP contribution in [0.4, 0.5) is 0 Å². The highest BCUT2D eigenvalue weighted by Gasteiger charge is 2.20. The highest BCUT2D eigenvalue weighted by Crippen LogP contribution is 2.48. The summed E-state index contributed by atoms with van der Waals surface area (Å²) in [4.78, 5) is 0. The van der Waals surface area contributed by atoms with E-state index >= 15 is 0 Å². The number of benzene rings is 6. The second kappa shape index (κ2) is 15.9. The molecule has 0 aromatic heterocycles. The van der Waals surface area contributed by atoms with Gasteiger partial charge in [-0.1, -0.05) is 97.1 Å². The van der Waals surface area contributed by atoms with Crippen LogP contribution in [0, 0.1) is 0 Å². The van der Waals surface area contributed by atoms with Crippen LogP contribution in [0.1, 0.15) is 25.0 Å². The van der Waals surface area contributed by atoms with Gasteiger partial charge in [-0.05, 0) is 59.7 Å². The second-order valence-electron chi connectivity index (χ2n) is 10.4. The number of fused-ring (bicyclic) bond motifs is 2. The molecule has 6 rings (SSSR count).